The fourth-order valence-electron chi connectivity index (χ4n) is 5.33. The Hall–Kier alpha value is -3.27. The maximum Gasteiger partial charge on any atom is 0.267 e. The molecule has 0 aliphatic carbocycles. The number of hydrogen-bond donors (Lipinski definition) is 1. The number of nitrogens with one attached hydrogen (secondary N) is 1. The van der Waals surface area contributed by atoms with Gasteiger partial charge in [0, 0.05) is 12.0 Å². The Kier molecular flexibility index (Phi) is 6.13. The van der Waals surface area contributed by atoms with Crippen LogP contribution in [0.5, 0.6) is 0 Å². The molecule has 37 heavy (non-hydrogen) atoms. The van der Waals surface area contributed by atoms with Gasteiger partial charge < -0.3 is 0 Å². The van der Waals surface area contributed by atoms with Crippen molar-refractivity contribution in [1.29, 1.82) is 0 Å². The minimum absolute atomic E-state index is 0.00617. The molecule has 192 valence electrons. The Morgan fingerprint density at radius 1 is 0.973 bits per heavy atom. The summed E-state index contributed by atoms with van der Waals surface area (Å²) in [5, 5.41) is 0. The molecular formula is C28H28N2O5S2. The van der Waals surface area contributed by atoms with Gasteiger partial charge in [0.2, 0.25) is 10.0 Å². The predicted molar refractivity (Wildman–Crippen MR) is 141 cm³/mol. The monoisotopic (exact) mass is 536 g/mol. The number of allylic oxidation sites excluding steroid dienone is 1. The van der Waals surface area contributed by atoms with Gasteiger partial charge in [0.05, 0.1) is 15.3 Å². The molecule has 1 amide bonds. The Morgan fingerprint density at radius 2 is 1.62 bits per heavy atom. The largest absolute Gasteiger partial charge is 0.271 e. The van der Waals surface area contributed by atoms with Crippen molar-refractivity contribution >= 4 is 26.0 Å². The van der Waals surface area contributed by atoms with E-state index >= 15 is 0 Å². The maximum absolute atomic E-state index is 14.1. The third-order valence-corrected chi connectivity index (χ3v) is 10.5. The zero-order valence-electron chi connectivity index (χ0n) is 20.6. The van der Waals surface area contributed by atoms with E-state index in [4.69, 9.17) is 0 Å². The predicted octanol–water partition coefficient (Wildman–Crippen LogP) is 4.05. The van der Waals surface area contributed by atoms with Crippen LogP contribution in [0.15, 0.2) is 101 Å². The van der Waals surface area contributed by atoms with Crippen LogP contribution in [-0.2, 0) is 36.8 Å². The number of fused-ring (bicyclic) bond motifs is 2. The molecule has 1 fully saturated rings. The van der Waals surface area contributed by atoms with Crippen LogP contribution in [0, 0.1) is 6.92 Å². The summed E-state index contributed by atoms with van der Waals surface area (Å²) in [6.45, 7) is 3.51. The smallest absolute Gasteiger partial charge is 0.267 e. The molecule has 0 aromatic heterocycles. The van der Waals surface area contributed by atoms with E-state index in [-0.39, 0.29) is 21.8 Å². The fourth-order valence-corrected chi connectivity index (χ4v) is 8.70. The van der Waals surface area contributed by atoms with Crippen LogP contribution < -0.4 is 4.72 Å². The highest BCUT2D eigenvalue weighted by Crippen LogP contribution is 2.51. The molecule has 1 saturated heterocycles. The molecule has 2 aliphatic heterocycles. The molecule has 5 rings (SSSR count). The zero-order valence-corrected chi connectivity index (χ0v) is 22.2. The van der Waals surface area contributed by atoms with E-state index in [9.17, 15) is 21.6 Å². The average Bonchev–Trinajstić information content (AvgIpc) is 3.23. The van der Waals surface area contributed by atoms with E-state index in [0.717, 1.165) is 21.9 Å². The van der Waals surface area contributed by atoms with E-state index in [2.05, 4.69) is 4.72 Å². The number of sulfonamides is 2. The van der Waals surface area contributed by atoms with Gasteiger partial charge in [0.1, 0.15) is 5.54 Å². The number of rotatable bonds is 6. The quantitative estimate of drug-likeness (QED) is 0.479. The van der Waals surface area contributed by atoms with Crippen molar-refractivity contribution in [2.24, 2.45) is 0 Å². The molecule has 2 atom stereocenters. The number of aryl methyl sites for hydroxylation is 2. The summed E-state index contributed by atoms with van der Waals surface area (Å²) in [6.07, 6.45) is 4.89. The Labute approximate surface area is 217 Å². The van der Waals surface area contributed by atoms with Gasteiger partial charge >= 0.3 is 0 Å². The van der Waals surface area contributed by atoms with Crippen molar-refractivity contribution in [2.75, 3.05) is 0 Å². The van der Waals surface area contributed by atoms with Gasteiger partial charge in [-0.05, 0) is 50.5 Å². The molecule has 0 unspecified atom stereocenters. The summed E-state index contributed by atoms with van der Waals surface area (Å²) in [5.74, 6) is -0.809. The lowest BCUT2D eigenvalue weighted by atomic mass is 9.83. The minimum atomic E-state index is -4.31. The third kappa shape index (κ3) is 4.21. The first-order valence-corrected chi connectivity index (χ1v) is 14.9. The lowest BCUT2D eigenvalue weighted by Gasteiger charge is -2.31. The first-order chi connectivity index (χ1) is 17.5. The van der Waals surface area contributed by atoms with Crippen LogP contribution >= 0.6 is 0 Å². The van der Waals surface area contributed by atoms with Gasteiger partial charge in [0.25, 0.3) is 15.9 Å². The first-order valence-electron chi connectivity index (χ1n) is 12.0. The van der Waals surface area contributed by atoms with Crippen LogP contribution in [0.4, 0.5) is 0 Å². The van der Waals surface area contributed by atoms with Gasteiger partial charge in [0.15, 0.2) is 0 Å². The molecule has 3 aromatic rings. The first kappa shape index (κ1) is 25.4. The number of carbonyl (C=O) groups is 1. The van der Waals surface area contributed by atoms with E-state index in [0.29, 0.717) is 6.42 Å². The second-order valence-electron chi connectivity index (χ2n) is 9.86. The topological polar surface area (TPSA) is 101 Å². The molecule has 0 bridgehead atoms. The van der Waals surface area contributed by atoms with Gasteiger partial charge in [-0.3, -0.25) is 4.79 Å². The van der Waals surface area contributed by atoms with E-state index < -0.39 is 37.0 Å². The van der Waals surface area contributed by atoms with Gasteiger partial charge in [-0.2, -0.15) is 4.72 Å². The summed E-state index contributed by atoms with van der Waals surface area (Å²) in [5.41, 5.74) is -0.740. The standard InChI is InChI=1S/C28H28N2O5S2/c1-21-15-17-23(18-16-21)37(34,35)30-26(31)28(24-13-6-7-14-25(24)36(32,33)29-28)20-27(30,2)19-9-8-12-22-10-4-3-5-11-22/h3-7,9-11,13-19,29H,8,12,20H2,1-2H3/b19-9+/t27-,28-/m0/s1. The van der Waals surface area contributed by atoms with Crippen molar-refractivity contribution in [1.82, 2.24) is 9.03 Å². The minimum Gasteiger partial charge on any atom is -0.271 e. The molecule has 7 nitrogen and oxygen atoms in total. The maximum atomic E-state index is 14.1. The molecule has 2 aliphatic rings. The van der Waals surface area contributed by atoms with E-state index in [1.807, 2.05) is 43.3 Å². The van der Waals surface area contributed by atoms with Crippen LogP contribution in [0.2, 0.25) is 0 Å². The van der Waals surface area contributed by atoms with Gasteiger partial charge in [-0.15, -0.1) is 0 Å². The van der Waals surface area contributed by atoms with Gasteiger partial charge in [-0.25, -0.2) is 21.1 Å². The lowest BCUT2D eigenvalue weighted by Crippen LogP contribution is -2.49. The fraction of sp³-hybridized carbons (Fsp3) is 0.250. The molecule has 1 spiro atoms. The highest BCUT2D eigenvalue weighted by Gasteiger charge is 2.66. The van der Waals surface area contributed by atoms with Crippen LogP contribution in [0.25, 0.3) is 0 Å². The number of carbonyl (C=O) groups excluding carboxylic acids is 1. The summed E-state index contributed by atoms with van der Waals surface area (Å²) in [6, 6.07) is 22.4. The number of nitrogens with zero attached hydrogens (tertiary/aromatic N) is 1. The number of amides is 1. The van der Waals surface area contributed by atoms with Gasteiger partial charge in [-0.1, -0.05) is 78.4 Å². The molecule has 0 radical (unpaired) electrons. The van der Waals surface area contributed by atoms with Crippen molar-refractivity contribution in [3.05, 3.63) is 108 Å². The molecular weight excluding hydrogens is 508 g/mol. The van der Waals surface area contributed by atoms with Crippen molar-refractivity contribution in [3.8, 4) is 0 Å². The molecule has 3 aromatic carbocycles. The lowest BCUT2D eigenvalue weighted by molar-refractivity contribution is -0.129. The Balaban J connectivity index is 1.59. The number of benzene rings is 3. The summed E-state index contributed by atoms with van der Waals surface area (Å²) in [4.78, 5) is 14.1. The number of hydrogen-bond acceptors (Lipinski definition) is 5. The average molecular weight is 537 g/mol. The van der Waals surface area contributed by atoms with Crippen molar-refractivity contribution < 1.29 is 21.6 Å². The normalized spacial score (nSPS) is 24.7. The summed E-state index contributed by atoms with van der Waals surface area (Å²) >= 11 is 0. The molecule has 0 saturated carbocycles. The Bertz CT molecular complexity index is 1600. The summed E-state index contributed by atoms with van der Waals surface area (Å²) in [7, 11) is -8.30. The van der Waals surface area contributed by atoms with Crippen LogP contribution in [-0.4, -0.2) is 32.6 Å². The van der Waals surface area contributed by atoms with Crippen molar-refractivity contribution in [3.63, 3.8) is 0 Å². The van der Waals surface area contributed by atoms with Crippen LogP contribution in [0.3, 0.4) is 0 Å². The second-order valence-corrected chi connectivity index (χ2v) is 13.3. The second kappa shape index (κ2) is 8.93. The summed E-state index contributed by atoms with van der Waals surface area (Å²) < 4.78 is 57.3. The van der Waals surface area contributed by atoms with Crippen molar-refractivity contribution in [2.45, 2.75) is 54.0 Å². The van der Waals surface area contributed by atoms with Crippen LogP contribution in [0.1, 0.15) is 36.5 Å². The highest BCUT2D eigenvalue weighted by molar-refractivity contribution is 7.90. The molecule has 9 heteroatoms. The Morgan fingerprint density at radius 3 is 2.32 bits per heavy atom. The zero-order chi connectivity index (χ0) is 26.5. The SMILES string of the molecule is Cc1ccc(S(=O)(=O)N2C(=O)[C@@]3(C[C@]2(C)/C=C/CCc2ccccc2)NS(=O)(=O)c2ccccc23)cc1. The van der Waals surface area contributed by atoms with E-state index in [1.54, 1.807) is 43.3 Å². The third-order valence-electron chi connectivity index (χ3n) is 7.06. The molecule has 1 N–H and O–H groups in total. The highest BCUT2D eigenvalue weighted by atomic mass is 32.2. The molecule has 2 heterocycles. The van der Waals surface area contributed by atoms with E-state index in [1.165, 1.54) is 18.2 Å².